The molecule has 2 aliphatic heterocycles. The molecule has 6 heterocycles. The molecule has 3 amide bonds. The van der Waals surface area contributed by atoms with Gasteiger partial charge in [-0.25, -0.2) is 4.98 Å². The van der Waals surface area contributed by atoms with E-state index in [1.807, 2.05) is 124 Å². The second-order valence-corrected chi connectivity index (χ2v) is 22.0. The Bertz CT molecular complexity index is 3190. The van der Waals surface area contributed by atoms with E-state index in [-0.39, 0.29) is 61.2 Å². The standard InChI is InChI=1S/C54H57ClN10O5S2/c1-28(2)49(53(69)63-26-41(66)22-45(63)52(68)58-30(4)34-11-13-36(14-12-34)50-31(5)56-27-71-50)64-25-38(24-57-64)37-9-8-10-42(19-37)70-43-20-40(21-43)59-46(67)23-44-51-62-61-33(7)65(51)54-47(29(3)32(6)72-54)48(60-44)35-15-17-39(55)18-16-35/h8-19,24-25,27-28,30,40-41,43-45,49,66H,20-23,26H2,1-7H3,(H,58,68)(H,59,67)/t30-,40-,41+,43+,44-,45-,49?/m0/s1. The lowest BCUT2D eigenvalue weighted by atomic mass is 9.89. The average Bonchev–Trinajstić information content (AvgIpc) is 4.19. The minimum atomic E-state index is -0.834. The molecule has 1 aliphatic carbocycles. The maximum Gasteiger partial charge on any atom is 0.248 e. The number of likely N-dealkylation sites (tertiary alicyclic amines) is 1. The van der Waals surface area contributed by atoms with E-state index in [1.54, 1.807) is 33.6 Å². The van der Waals surface area contributed by atoms with Crippen LogP contribution in [0.25, 0.3) is 26.6 Å². The maximum atomic E-state index is 14.4. The summed E-state index contributed by atoms with van der Waals surface area (Å²) in [7, 11) is 0. The Kier molecular flexibility index (Phi) is 13.7. The molecule has 10 rings (SSSR count). The van der Waals surface area contributed by atoms with E-state index in [1.165, 1.54) is 9.78 Å². The van der Waals surface area contributed by atoms with Gasteiger partial charge in [0.2, 0.25) is 17.7 Å². The number of rotatable bonds is 14. The predicted molar refractivity (Wildman–Crippen MR) is 280 cm³/mol. The highest BCUT2D eigenvalue weighted by Crippen LogP contribution is 2.40. The fraction of sp³-hybridized carbons (Fsp3) is 0.370. The van der Waals surface area contributed by atoms with Gasteiger partial charge in [0.05, 0.1) is 46.6 Å². The number of nitrogens with one attached hydrogen (secondary N) is 2. The Morgan fingerprint density at radius 3 is 2.39 bits per heavy atom. The Morgan fingerprint density at radius 2 is 1.67 bits per heavy atom. The Balaban J connectivity index is 0.762. The van der Waals surface area contributed by atoms with E-state index < -0.39 is 24.2 Å². The van der Waals surface area contributed by atoms with Gasteiger partial charge >= 0.3 is 0 Å². The molecule has 7 aromatic rings. The number of aliphatic imine (C=N–C) groups is 1. The zero-order chi connectivity index (χ0) is 50.5. The number of aliphatic hydroxyl groups excluding tert-OH is 1. The van der Waals surface area contributed by atoms with Crippen LogP contribution in [0, 0.1) is 33.6 Å². The SMILES string of the molecule is Cc1ncsc1-c1ccc([C@H](C)NC(=O)[C@@H]2C[C@@H](O)CN2C(=O)C(C(C)C)n2cc(-c3cccc(O[C@H]4C[C@@H](NC(=O)C[C@@H]5N=C(c6ccc(Cl)cc6)c6c(sc(C)c6C)-n6c(C)nnc65)C4)c3)cn2)cc1. The molecule has 2 fully saturated rings. The third kappa shape index (κ3) is 9.74. The molecule has 3 aromatic carbocycles. The Hall–Kier alpha value is -6.53. The number of fused-ring (bicyclic) bond motifs is 3. The van der Waals surface area contributed by atoms with Crippen molar-refractivity contribution in [3.05, 3.63) is 140 Å². The van der Waals surface area contributed by atoms with Crippen molar-refractivity contribution in [1.29, 1.82) is 0 Å². The molecule has 1 unspecified atom stereocenters. The van der Waals surface area contributed by atoms with Crippen LogP contribution in [-0.2, 0) is 14.4 Å². The van der Waals surface area contributed by atoms with Gasteiger partial charge in [-0.15, -0.1) is 32.9 Å². The number of thiophene rings is 1. The second kappa shape index (κ2) is 20.2. The van der Waals surface area contributed by atoms with Crippen molar-refractivity contribution < 1.29 is 24.2 Å². The highest BCUT2D eigenvalue weighted by Gasteiger charge is 2.43. The molecule has 0 bridgehead atoms. The number of β-amino-alcohol motifs (C(OH)–C–C–N with tert-alkyl or cyclic N) is 1. The summed E-state index contributed by atoms with van der Waals surface area (Å²) in [4.78, 5) is 55.4. The Morgan fingerprint density at radius 1 is 0.917 bits per heavy atom. The predicted octanol–water partition coefficient (Wildman–Crippen LogP) is 9.25. The monoisotopic (exact) mass is 1020 g/mol. The van der Waals surface area contributed by atoms with Crippen LogP contribution >= 0.6 is 34.3 Å². The van der Waals surface area contributed by atoms with Gasteiger partial charge in [-0.2, -0.15) is 5.10 Å². The molecule has 5 atom stereocenters. The van der Waals surface area contributed by atoms with E-state index in [4.69, 9.17) is 21.3 Å². The number of carbonyl (C=O) groups is 3. The summed E-state index contributed by atoms with van der Waals surface area (Å²) >= 11 is 9.55. The third-order valence-corrected chi connectivity index (χ3v) is 16.5. The van der Waals surface area contributed by atoms with Crippen molar-refractivity contribution >= 4 is 57.7 Å². The average molecular weight is 1030 g/mol. The Labute approximate surface area is 431 Å². The van der Waals surface area contributed by atoms with Crippen molar-refractivity contribution in [2.24, 2.45) is 10.9 Å². The van der Waals surface area contributed by atoms with E-state index in [2.05, 4.69) is 44.8 Å². The number of hydrogen-bond acceptors (Lipinski definition) is 12. The summed E-state index contributed by atoms with van der Waals surface area (Å²) in [5.41, 5.74) is 10.3. The normalized spacial score (nSPS) is 20.2. The van der Waals surface area contributed by atoms with Crippen molar-refractivity contribution in [2.45, 2.75) is 117 Å². The molecule has 3 N–H and O–H groups in total. The first kappa shape index (κ1) is 49.1. The molecule has 4 aromatic heterocycles. The minimum Gasteiger partial charge on any atom is -0.490 e. The fourth-order valence-electron chi connectivity index (χ4n) is 10.0. The molecular formula is C54H57ClN10O5S2. The van der Waals surface area contributed by atoms with Crippen molar-refractivity contribution in [3.63, 3.8) is 0 Å². The van der Waals surface area contributed by atoms with Gasteiger partial charge in [-0.3, -0.25) is 28.6 Å². The molecule has 1 saturated carbocycles. The number of aromatic nitrogens is 6. The number of carbonyl (C=O) groups excluding carboxylic acids is 3. The van der Waals surface area contributed by atoms with Crippen LogP contribution in [0.1, 0.15) is 109 Å². The smallest absolute Gasteiger partial charge is 0.248 e. The van der Waals surface area contributed by atoms with E-state index >= 15 is 0 Å². The number of aliphatic hydroxyl groups is 1. The van der Waals surface area contributed by atoms with E-state index in [0.717, 1.165) is 66.1 Å². The quantitative estimate of drug-likeness (QED) is 0.0957. The molecule has 372 valence electrons. The molecule has 3 aliphatic rings. The molecule has 0 spiro atoms. The van der Waals surface area contributed by atoms with Crippen molar-refractivity contribution in [2.75, 3.05) is 6.54 Å². The maximum absolute atomic E-state index is 14.4. The molecule has 15 nitrogen and oxygen atoms in total. The molecular weight excluding hydrogens is 968 g/mol. The second-order valence-electron chi connectivity index (χ2n) is 19.5. The van der Waals surface area contributed by atoms with E-state index in [0.29, 0.717) is 29.4 Å². The van der Waals surface area contributed by atoms with Crippen LogP contribution < -0.4 is 15.4 Å². The molecule has 1 saturated heterocycles. The van der Waals surface area contributed by atoms with Crippen LogP contribution in [-0.4, -0.2) is 93.8 Å². The number of benzene rings is 3. The lowest BCUT2D eigenvalue weighted by Gasteiger charge is -2.36. The van der Waals surface area contributed by atoms with Gasteiger partial charge in [-0.05, 0) is 87.1 Å². The number of amides is 3. The topological polar surface area (TPSA) is 182 Å². The summed E-state index contributed by atoms with van der Waals surface area (Å²) in [6.45, 7) is 14.0. The van der Waals surface area contributed by atoms with Crippen LogP contribution in [0.3, 0.4) is 0 Å². The highest BCUT2D eigenvalue weighted by molar-refractivity contribution is 7.15. The first-order valence-corrected chi connectivity index (χ1v) is 26.4. The largest absolute Gasteiger partial charge is 0.490 e. The molecule has 18 heteroatoms. The number of hydrogen-bond donors (Lipinski definition) is 3. The van der Waals surface area contributed by atoms with Crippen LogP contribution in [0.4, 0.5) is 0 Å². The molecule has 72 heavy (non-hydrogen) atoms. The van der Waals surface area contributed by atoms with Gasteiger partial charge < -0.3 is 25.4 Å². The van der Waals surface area contributed by atoms with Crippen LogP contribution in [0.2, 0.25) is 5.02 Å². The summed E-state index contributed by atoms with van der Waals surface area (Å²) in [6.07, 6.45) is 4.18. The van der Waals surface area contributed by atoms with Gasteiger partial charge in [0.25, 0.3) is 0 Å². The van der Waals surface area contributed by atoms with Gasteiger partial charge in [-0.1, -0.05) is 74.0 Å². The summed E-state index contributed by atoms with van der Waals surface area (Å²) in [5.74, 6) is 1.16. The van der Waals surface area contributed by atoms with Crippen molar-refractivity contribution in [3.8, 4) is 32.3 Å². The number of ether oxygens (including phenoxy) is 1. The number of thiazole rings is 1. The fourth-order valence-corrected chi connectivity index (χ4v) is 12.2. The number of halogens is 1. The van der Waals surface area contributed by atoms with Gasteiger partial charge in [0, 0.05) is 64.6 Å². The third-order valence-electron chi connectivity index (χ3n) is 14.1. The lowest BCUT2D eigenvalue weighted by Crippen LogP contribution is -2.49. The first-order chi connectivity index (χ1) is 34.6. The first-order valence-electron chi connectivity index (χ1n) is 24.4. The minimum absolute atomic E-state index is 0.0529. The van der Waals surface area contributed by atoms with Crippen molar-refractivity contribution in [1.82, 2.24) is 45.1 Å². The van der Waals surface area contributed by atoms with Gasteiger partial charge in [0.1, 0.15) is 40.8 Å². The highest BCUT2D eigenvalue weighted by atomic mass is 35.5. The number of aryl methyl sites for hydroxylation is 3. The summed E-state index contributed by atoms with van der Waals surface area (Å²) < 4.78 is 10.1. The zero-order valence-corrected chi connectivity index (χ0v) is 43.6. The molecule has 0 radical (unpaired) electrons. The zero-order valence-electron chi connectivity index (χ0n) is 41.2. The van der Waals surface area contributed by atoms with Gasteiger partial charge in [0.15, 0.2) is 5.82 Å². The van der Waals surface area contributed by atoms with E-state index in [9.17, 15) is 19.5 Å². The van der Waals surface area contributed by atoms with Crippen LogP contribution in [0.15, 0.2) is 95.7 Å². The number of nitrogens with zero attached hydrogens (tertiary/aromatic N) is 8. The lowest BCUT2D eigenvalue weighted by molar-refractivity contribution is -0.142. The summed E-state index contributed by atoms with van der Waals surface area (Å²) in [5, 5.41) is 32.4. The summed E-state index contributed by atoms with van der Waals surface area (Å²) in [6, 6.07) is 20.9. The van der Waals surface area contributed by atoms with Crippen LogP contribution in [0.5, 0.6) is 5.75 Å².